The maximum absolute atomic E-state index is 12.0. The summed E-state index contributed by atoms with van der Waals surface area (Å²) in [5.74, 6) is 0.347. The van der Waals surface area contributed by atoms with E-state index in [-0.39, 0.29) is 0 Å². The van der Waals surface area contributed by atoms with E-state index in [4.69, 9.17) is 5.73 Å². The molecule has 2 nitrogen and oxygen atoms in total. The number of ketones is 1. The number of hydrogen-bond acceptors (Lipinski definition) is 2. The molecular weight excluding hydrogens is 246 g/mol. The molecule has 0 atom stereocenters. The van der Waals surface area contributed by atoms with E-state index in [1.54, 1.807) is 0 Å². The van der Waals surface area contributed by atoms with Gasteiger partial charge in [0.15, 0.2) is 0 Å². The molecule has 0 saturated heterocycles. The lowest BCUT2D eigenvalue weighted by molar-refractivity contribution is -0.118. The van der Waals surface area contributed by atoms with Gasteiger partial charge < -0.3 is 5.73 Å². The van der Waals surface area contributed by atoms with Crippen molar-refractivity contribution in [2.75, 3.05) is 0 Å². The molecule has 0 heterocycles. The number of nitrogens with two attached hydrogens (primary N) is 1. The SMILES string of the molecule is CCCCCCCCCC(=O)Cc1ccccc1CN. The second-order valence-corrected chi connectivity index (χ2v) is 5.56. The van der Waals surface area contributed by atoms with Crippen molar-refractivity contribution in [1.29, 1.82) is 0 Å². The Kier molecular flexibility index (Phi) is 8.97. The highest BCUT2D eigenvalue weighted by molar-refractivity contribution is 5.81. The number of carbonyl (C=O) groups excluding carboxylic acids is 1. The van der Waals surface area contributed by atoms with Gasteiger partial charge in [0.1, 0.15) is 5.78 Å². The van der Waals surface area contributed by atoms with E-state index in [1.165, 1.54) is 38.5 Å². The average molecular weight is 275 g/mol. The molecule has 20 heavy (non-hydrogen) atoms. The van der Waals surface area contributed by atoms with Crippen LogP contribution in [0.2, 0.25) is 0 Å². The topological polar surface area (TPSA) is 43.1 Å². The van der Waals surface area contributed by atoms with Crippen LogP contribution in [0, 0.1) is 0 Å². The summed E-state index contributed by atoms with van der Waals surface area (Å²) >= 11 is 0. The third-order valence-electron chi connectivity index (χ3n) is 3.79. The van der Waals surface area contributed by atoms with Gasteiger partial charge in [-0.2, -0.15) is 0 Å². The van der Waals surface area contributed by atoms with E-state index >= 15 is 0 Å². The molecule has 0 amide bonds. The van der Waals surface area contributed by atoms with E-state index in [0.29, 0.717) is 25.2 Å². The summed E-state index contributed by atoms with van der Waals surface area (Å²) in [6.45, 7) is 2.75. The summed E-state index contributed by atoms with van der Waals surface area (Å²) in [6, 6.07) is 7.99. The molecule has 0 aliphatic carbocycles. The first-order valence-corrected chi connectivity index (χ1v) is 8.06. The van der Waals surface area contributed by atoms with Crippen molar-refractivity contribution in [2.45, 2.75) is 71.3 Å². The first kappa shape index (κ1) is 16.9. The zero-order chi connectivity index (χ0) is 14.6. The van der Waals surface area contributed by atoms with E-state index in [9.17, 15) is 4.79 Å². The number of carbonyl (C=O) groups is 1. The van der Waals surface area contributed by atoms with Crippen molar-refractivity contribution in [3.63, 3.8) is 0 Å². The maximum Gasteiger partial charge on any atom is 0.137 e. The molecule has 0 aromatic heterocycles. The molecule has 1 aromatic carbocycles. The Balaban J connectivity index is 2.17. The largest absolute Gasteiger partial charge is 0.326 e. The Morgan fingerprint density at radius 1 is 0.950 bits per heavy atom. The van der Waals surface area contributed by atoms with E-state index < -0.39 is 0 Å². The summed E-state index contributed by atoms with van der Waals surface area (Å²) in [5.41, 5.74) is 7.89. The molecule has 0 aliphatic heterocycles. The van der Waals surface area contributed by atoms with Gasteiger partial charge in [0.2, 0.25) is 0 Å². The van der Waals surface area contributed by atoms with Crippen LogP contribution in [-0.2, 0) is 17.8 Å². The normalized spacial score (nSPS) is 10.7. The van der Waals surface area contributed by atoms with Gasteiger partial charge in [0.05, 0.1) is 0 Å². The highest BCUT2D eigenvalue weighted by Gasteiger charge is 2.06. The Bertz CT molecular complexity index is 387. The van der Waals surface area contributed by atoms with Crippen LogP contribution in [-0.4, -0.2) is 5.78 Å². The van der Waals surface area contributed by atoms with Crippen molar-refractivity contribution in [3.05, 3.63) is 35.4 Å². The average Bonchev–Trinajstić information content (AvgIpc) is 2.47. The molecule has 0 radical (unpaired) electrons. The fourth-order valence-corrected chi connectivity index (χ4v) is 2.51. The summed E-state index contributed by atoms with van der Waals surface area (Å²) < 4.78 is 0. The lowest BCUT2D eigenvalue weighted by Gasteiger charge is -2.07. The Labute approximate surface area is 123 Å². The minimum absolute atomic E-state index is 0.347. The van der Waals surface area contributed by atoms with Gasteiger partial charge in [0, 0.05) is 19.4 Å². The summed E-state index contributed by atoms with van der Waals surface area (Å²) in [6.07, 6.45) is 10.0. The van der Waals surface area contributed by atoms with Gasteiger partial charge >= 0.3 is 0 Å². The third-order valence-corrected chi connectivity index (χ3v) is 3.79. The first-order valence-electron chi connectivity index (χ1n) is 8.06. The molecule has 2 heteroatoms. The van der Waals surface area contributed by atoms with Gasteiger partial charge in [0.25, 0.3) is 0 Å². The number of Topliss-reactive ketones (excluding diaryl/α,β-unsaturated/α-hetero) is 1. The van der Waals surface area contributed by atoms with Crippen LogP contribution < -0.4 is 5.73 Å². The molecule has 0 aliphatic rings. The summed E-state index contributed by atoms with van der Waals surface area (Å²) in [7, 11) is 0. The molecular formula is C18H29NO. The van der Waals surface area contributed by atoms with Crippen LogP contribution in [0.25, 0.3) is 0 Å². The molecule has 1 aromatic rings. The molecule has 0 bridgehead atoms. The highest BCUT2D eigenvalue weighted by atomic mass is 16.1. The second-order valence-electron chi connectivity index (χ2n) is 5.56. The van der Waals surface area contributed by atoms with Crippen LogP contribution in [0.1, 0.15) is 69.4 Å². The van der Waals surface area contributed by atoms with Crippen LogP contribution in [0.3, 0.4) is 0 Å². The predicted octanol–water partition coefficient (Wildman–Crippen LogP) is 4.40. The summed E-state index contributed by atoms with van der Waals surface area (Å²) in [5, 5.41) is 0. The molecule has 0 fully saturated rings. The van der Waals surface area contributed by atoms with Gasteiger partial charge in [-0.3, -0.25) is 4.79 Å². The zero-order valence-electron chi connectivity index (χ0n) is 12.9. The Morgan fingerprint density at radius 2 is 1.55 bits per heavy atom. The standard InChI is InChI=1S/C18H29NO/c1-2-3-4-5-6-7-8-13-18(20)14-16-11-9-10-12-17(16)15-19/h9-12H,2-8,13-15,19H2,1H3. The number of hydrogen-bond donors (Lipinski definition) is 1. The minimum Gasteiger partial charge on any atom is -0.326 e. The van der Waals surface area contributed by atoms with Gasteiger partial charge in [-0.1, -0.05) is 69.7 Å². The van der Waals surface area contributed by atoms with Crippen molar-refractivity contribution >= 4 is 5.78 Å². The lowest BCUT2D eigenvalue weighted by atomic mass is 9.99. The molecule has 1 rings (SSSR count). The molecule has 0 unspecified atom stereocenters. The van der Waals surface area contributed by atoms with Crippen LogP contribution in [0.5, 0.6) is 0 Å². The quantitative estimate of drug-likeness (QED) is 0.608. The number of unbranched alkanes of at least 4 members (excludes halogenated alkanes) is 6. The predicted molar refractivity (Wildman–Crippen MR) is 85.7 cm³/mol. The molecule has 0 saturated carbocycles. The Morgan fingerprint density at radius 3 is 2.20 bits per heavy atom. The van der Waals surface area contributed by atoms with Crippen LogP contribution in [0.15, 0.2) is 24.3 Å². The van der Waals surface area contributed by atoms with E-state index in [1.807, 2.05) is 24.3 Å². The lowest BCUT2D eigenvalue weighted by Crippen LogP contribution is -2.07. The van der Waals surface area contributed by atoms with Gasteiger partial charge in [-0.25, -0.2) is 0 Å². The molecule has 0 spiro atoms. The van der Waals surface area contributed by atoms with E-state index in [2.05, 4.69) is 6.92 Å². The number of benzene rings is 1. The maximum atomic E-state index is 12.0. The van der Waals surface area contributed by atoms with Crippen LogP contribution >= 0.6 is 0 Å². The third kappa shape index (κ3) is 6.85. The van der Waals surface area contributed by atoms with Gasteiger partial charge in [-0.05, 0) is 17.5 Å². The van der Waals surface area contributed by atoms with Crippen LogP contribution in [0.4, 0.5) is 0 Å². The molecule has 112 valence electrons. The minimum atomic E-state index is 0.347. The summed E-state index contributed by atoms with van der Waals surface area (Å²) in [4.78, 5) is 12.0. The van der Waals surface area contributed by atoms with Crippen molar-refractivity contribution in [1.82, 2.24) is 0 Å². The van der Waals surface area contributed by atoms with Crippen molar-refractivity contribution in [2.24, 2.45) is 5.73 Å². The van der Waals surface area contributed by atoms with E-state index in [0.717, 1.165) is 17.5 Å². The molecule has 2 N–H and O–H groups in total. The van der Waals surface area contributed by atoms with Crippen molar-refractivity contribution < 1.29 is 4.79 Å². The smallest absolute Gasteiger partial charge is 0.137 e. The fourth-order valence-electron chi connectivity index (χ4n) is 2.51. The number of rotatable bonds is 11. The Hall–Kier alpha value is -1.15. The monoisotopic (exact) mass is 275 g/mol. The van der Waals surface area contributed by atoms with Gasteiger partial charge in [-0.15, -0.1) is 0 Å². The fraction of sp³-hybridized carbons (Fsp3) is 0.611. The van der Waals surface area contributed by atoms with Crippen molar-refractivity contribution in [3.8, 4) is 0 Å². The highest BCUT2D eigenvalue weighted by Crippen LogP contribution is 2.12. The zero-order valence-corrected chi connectivity index (χ0v) is 12.9. The second kappa shape index (κ2) is 10.6. The first-order chi connectivity index (χ1) is 9.77.